The van der Waals surface area contributed by atoms with Gasteiger partial charge in [-0.3, -0.25) is 19.8 Å². The van der Waals surface area contributed by atoms with Gasteiger partial charge in [-0.2, -0.15) is 0 Å². The smallest absolute Gasteiger partial charge is 0.395 e. The lowest BCUT2D eigenvalue weighted by Gasteiger charge is -2.20. The lowest BCUT2D eigenvalue weighted by Crippen LogP contribution is -2.36. The number of hydrogen-bond acceptors (Lipinski definition) is 7. The van der Waals surface area contributed by atoms with Crippen LogP contribution in [-0.4, -0.2) is 47.9 Å². The Morgan fingerprint density at radius 3 is 2.61 bits per heavy atom. The average molecular weight is 425 g/mol. The maximum absolute atomic E-state index is 13.0. The number of hydrogen-bond donors (Lipinski definition) is 0. The molecule has 0 radical (unpaired) electrons. The quantitative estimate of drug-likeness (QED) is 0.420. The fraction of sp³-hybridized carbons (Fsp3) is 0.333. The molecule has 150 valence electrons. The lowest BCUT2D eigenvalue weighted by molar-refractivity contribution is -0.402. The van der Waals surface area contributed by atoms with Crippen LogP contribution in [0.15, 0.2) is 34.7 Å². The second kappa shape index (κ2) is 9.13. The van der Waals surface area contributed by atoms with E-state index in [0.29, 0.717) is 18.2 Å². The van der Waals surface area contributed by atoms with Crippen LogP contribution in [0.4, 0.5) is 11.0 Å². The number of aryl methyl sites for hydroxylation is 1. The maximum Gasteiger partial charge on any atom is 0.433 e. The number of carbonyl (C=O) groups excluding carboxylic acids is 1. The van der Waals surface area contributed by atoms with Crippen LogP contribution in [0.3, 0.4) is 0 Å². The molecular weight excluding hydrogens is 404 g/mol. The van der Waals surface area contributed by atoms with Crippen molar-refractivity contribution in [3.63, 3.8) is 0 Å². The van der Waals surface area contributed by atoms with Gasteiger partial charge in [0.15, 0.2) is 10.9 Å². The third-order valence-electron chi connectivity index (χ3n) is 4.08. The average Bonchev–Trinajstić information content (AvgIpc) is 3.27. The molecule has 0 atom stereocenters. The first-order valence-electron chi connectivity index (χ1n) is 8.49. The summed E-state index contributed by atoms with van der Waals surface area (Å²) >= 11 is 1.42. The van der Waals surface area contributed by atoms with Gasteiger partial charge in [0.25, 0.3) is 5.91 Å². The highest BCUT2D eigenvalue weighted by Crippen LogP contribution is 2.31. The van der Waals surface area contributed by atoms with Crippen molar-refractivity contribution in [1.29, 1.82) is 0 Å². The molecule has 0 aliphatic rings. The van der Waals surface area contributed by atoms with Crippen LogP contribution in [0.25, 0.3) is 10.2 Å². The molecule has 0 bridgehead atoms. The number of rotatable bonds is 7. The van der Waals surface area contributed by atoms with E-state index < -0.39 is 16.7 Å². The highest BCUT2D eigenvalue weighted by Gasteiger charge is 2.26. The van der Waals surface area contributed by atoms with Gasteiger partial charge < -0.3 is 9.32 Å². The van der Waals surface area contributed by atoms with Crippen LogP contribution in [0.2, 0.25) is 0 Å². The fourth-order valence-corrected chi connectivity index (χ4v) is 3.60. The van der Waals surface area contributed by atoms with Crippen molar-refractivity contribution in [3.05, 3.63) is 51.8 Å². The molecule has 0 spiro atoms. The SMILES string of the molecule is CCc1ccc2nc(N(CCN(C)C)C(=O)c3ccc([N+](=O)[O-])o3)sc2c1.Cl. The Hall–Kier alpha value is -2.49. The summed E-state index contributed by atoms with van der Waals surface area (Å²) in [4.78, 5) is 31.2. The number of fused-ring (bicyclic) bond motifs is 1. The van der Waals surface area contributed by atoms with Crippen LogP contribution in [0.5, 0.6) is 0 Å². The molecule has 28 heavy (non-hydrogen) atoms. The molecule has 0 saturated heterocycles. The number of thiazole rings is 1. The summed E-state index contributed by atoms with van der Waals surface area (Å²) < 4.78 is 6.10. The van der Waals surface area contributed by atoms with Gasteiger partial charge in [0.2, 0.25) is 0 Å². The molecule has 0 fully saturated rings. The highest BCUT2D eigenvalue weighted by molar-refractivity contribution is 7.22. The van der Waals surface area contributed by atoms with Gasteiger partial charge in [0.05, 0.1) is 16.3 Å². The molecule has 0 unspecified atom stereocenters. The van der Waals surface area contributed by atoms with E-state index >= 15 is 0 Å². The Morgan fingerprint density at radius 2 is 2.00 bits per heavy atom. The Bertz CT molecular complexity index is 985. The van der Waals surface area contributed by atoms with Crippen LogP contribution in [-0.2, 0) is 6.42 Å². The number of likely N-dealkylation sites (N-methyl/N-ethyl adjacent to an activating group) is 1. The molecule has 0 saturated carbocycles. The molecule has 8 nitrogen and oxygen atoms in total. The van der Waals surface area contributed by atoms with E-state index in [1.165, 1.54) is 33.9 Å². The zero-order chi connectivity index (χ0) is 19.6. The lowest BCUT2D eigenvalue weighted by atomic mass is 10.2. The van der Waals surface area contributed by atoms with E-state index in [4.69, 9.17) is 4.42 Å². The summed E-state index contributed by atoms with van der Waals surface area (Å²) in [6, 6.07) is 8.55. The van der Waals surface area contributed by atoms with Crippen LogP contribution >= 0.6 is 23.7 Å². The van der Waals surface area contributed by atoms with Gasteiger partial charge in [-0.05, 0) is 44.3 Å². The first-order valence-corrected chi connectivity index (χ1v) is 9.31. The molecule has 2 aromatic heterocycles. The number of amides is 1. The first-order chi connectivity index (χ1) is 12.9. The molecule has 2 heterocycles. The predicted octanol–water partition coefficient (Wildman–Crippen LogP) is 3.99. The number of nitrogens with zero attached hydrogens (tertiary/aromatic N) is 4. The normalized spacial score (nSPS) is 10.9. The number of anilines is 1. The predicted molar refractivity (Wildman–Crippen MR) is 112 cm³/mol. The molecule has 3 aromatic rings. The van der Waals surface area contributed by atoms with Crippen molar-refractivity contribution in [3.8, 4) is 0 Å². The van der Waals surface area contributed by atoms with Gasteiger partial charge in [-0.25, -0.2) is 4.98 Å². The summed E-state index contributed by atoms with van der Waals surface area (Å²) in [6.45, 7) is 3.09. The molecular formula is C18H21ClN4O4S. The van der Waals surface area contributed by atoms with Crippen molar-refractivity contribution in [2.45, 2.75) is 13.3 Å². The summed E-state index contributed by atoms with van der Waals surface area (Å²) in [7, 11) is 3.82. The second-order valence-electron chi connectivity index (χ2n) is 6.31. The molecule has 1 amide bonds. The van der Waals surface area contributed by atoms with Gasteiger partial charge in [0, 0.05) is 13.1 Å². The summed E-state index contributed by atoms with van der Waals surface area (Å²) in [5.74, 6) is -0.975. The number of nitro groups is 1. The van der Waals surface area contributed by atoms with E-state index in [2.05, 4.69) is 18.0 Å². The monoisotopic (exact) mass is 424 g/mol. The van der Waals surface area contributed by atoms with Crippen molar-refractivity contribution in [2.24, 2.45) is 0 Å². The summed E-state index contributed by atoms with van der Waals surface area (Å²) in [6.07, 6.45) is 0.919. The topological polar surface area (TPSA) is 92.7 Å². The van der Waals surface area contributed by atoms with Gasteiger partial charge in [-0.15, -0.1) is 12.4 Å². The minimum atomic E-state index is -0.662. The molecule has 10 heteroatoms. The number of halogens is 1. The Morgan fingerprint density at radius 1 is 1.25 bits per heavy atom. The maximum atomic E-state index is 13.0. The van der Waals surface area contributed by atoms with Gasteiger partial charge >= 0.3 is 5.88 Å². The van der Waals surface area contributed by atoms with E-state index in [-0.39, 0.29) is 18.2 Å². The Kier molecular flexibility index (Phi) is 7.11. The van der Waals surface area contributed by atoms with E-state index in [9.17, 15) is 14.9 Å². The largest absolute Gasteiger partial charge is 0.433 e. The summed E-state index contributed by atoms with van der Waals surface area (Å²) in [5, 5.41) is 11.4. The minimum Gasteiger partial charge on any atom is -0.395 e. The molecule has 0 N–H and O–H groups in total. The zero-order valence-corrected chi connectivity index (χ0v) is 17.4. The third kappa shape index (κ3) is 4.67. The highest BCUT2D eigenvalue weighted by atomic mass is 35.5. The number of carbonyl (C=O) groups is 1. The van der Waals surface area contributed by atoms with E-state index in [0.717, 1.165) is 16.6 Å². The Balaban J connectivity index is 0.00000280. The fourth-order valence-electron chi connectivity index (χ4n) is 2.55. The Labute approximate surface area is 172 Å². The summed E-state index contributed by atoms with van der Waals surface area (Å²) in [5.41, 5.74) is 2.02. The van der Waals surface area contributed by atoms with Crippen molar-refractivity contribution >= 4 is 50.9 Å². The van der Waals surface area contributed by atoms with Crippen LogP contribution in [0, 0.1) is 10.1 Å². The number of benzene rings is 1. The van der Waals surface area contributed by atoms with Crippen molar-refractivity contribution in [2.75, 3.05) is 32.1 Å². The standard InChI is InChI=1S/C18H20N4O4S.ClH/c1-4-12-5-6-13-15(11-12)27-18(19-13)21(10-9-20(2)3)17(23)14-7-8-16(26-14)22(24)25;/h5-8,11H,4,9-10H2,1-3H3;1H. The number of aromatic nitrogens is 1. The van der Waals surface area contributed by atoms with Crippen molar-refractivity contribution < 1.29 is 14.1 Å². The van der Waals surface area contributed by atoms with Gasteiger partial charge in [0.1, 0.15) is 4.92 Å². The van der Waals surface area contributed by atoms with Crippen LogP contribution < -0.4 is 4.90 Å². The van der Waals surface area contributed by atoms with Crippen molar-refractivity contribution in [1.82, 2.24) is 9.88 Å². The molecule has 1 aromatic carbocycles. The zero-order valence-electron chi connectivity index (χ0n) is 15.7. The third-order valence-corrected chi connectivity index (χ3v) is 5.12. The van der Waals surface area contributed by atoms with Gasteiger partial charge in [-0.1, -0.05) is 24.3 Å². The molecule has 0 aliphatic heterocycles. The van der Waals surface area contributed by atoms with Crippen LogP contribution in [0.1, 0.15) is 23.0 Å². The van der Waals surface area contributed by atoms with E-state index in [1.807, 2.05) is 31.1 Å². The molecule has 0 aliphatic carbocycles. The van der Waals surface area contributed by atoms with E-state index in [1.54, 1.807) is 0 Å². The first kappa shape index (κ1) is 21.8. The minimum absolute atomic E-state index is 0. The second-order valence-corrected chi connectivity index (χ2v) is 7.32. The molecule has 3 rings (SSSR count). The number of furan rings is 1.